The van der Waals surface area contributed by atoms with Gasteiger partial charge in [-0.15, -0.1) is 11.8 Å². The monoisotopic (exact) mass is 332 g/mol. The molecule has 1 aliphatic rings. The highest BCUT2D eigenvalue weighted by molar-refractivity contribution is 8.00. The molecular formula is C17H20N2OS2. The third-order valence-electron chi connectivity index (χ3n) is 3.70. The van der Waals surface area contributed by atoms with E-state index in [0.717, 1.165) is 34.3 Å². The lowest BCUT2D eigenvalue weighted by Gasteiger charge is -2.13. The molecule has 0 saturated carbocycles. The minimum atomic E-state index is 0.145. The van der Waals surface area contributed by atoms with Crippen LogP contribution in [0.4, 0.5) is 0 Å². The van der Waals surface area contributed by atoms with Gasteiger partial charge in [0.15, 0.2) is 5.16 Å². The molecule has 0 aliphatic carbocycles. The van der Waals surface area contributed by atoms with Crippen molar-refractivity contribution in [2.45, 2.75) is 48.5 Å². The summed E-state index contributed by atoms with van der Waals surface area (Å²) in [7, 11) is 0. The smallest absolute Gasteiger partial charge is 0.268 e. The van der Waals surface area contributed by atoms with Crippen molar-refractivity contribution in [2.75, 3.05) is 5.75 Å². The summed E-state index contributed by atoms with van der Waals surface area (Å²) in [6.45, 7) is 4.95. The summed E-state index contributed by atoms with van der Waals surface area (Å²) in [6.07, 6.45) is 1.77. The quantitative estimate of drug-likeness (QED) is 0.618. The number of rotatable bonds is 5. The molecule has 0 unspecified atom stereocenters. The van der Waals surface area contributed by atoms with Crippen LogP contribution >= 0.6 is 23.5 Å². The Morgan fingerprint density at radius 1 is 1.36 bits per heavy atom. The summed E-state index contributed by atoms with van der Waals surface area (Å²) >= 11 is 3.34. The van der Waals surface area contributed by atoms with E-state index < -0.39 is 0 Å². The highest BCUT2D eigenvalue weighted by atomic mass is 32.2. The maximum atomic E-state index is 12.8. The molecule has 116 valence electrons. The van der Waals surface area contributed by atoms with Gasteiger partial charge in [-0.1, -0.05) is 55.9 Å². The Morgan fingerprint density at radius 2 is 2.14 bits per heavy atom. The van der Waals surface area contributed by atoms with Gasteiger partial charge in [0.25, 0.3) is 5.56 Å². The van der Waals surface area contributed by atoms with E-state index in [1.54, 1.807) is 23.5 Å². The van der Waals surface area contributed by atoms with Crippen molar-refractivity contribution in [1.82, 2.24) is 9.55 Å². The van der Waals surface area contributed by atoms with E-state index >= 15 is 0 Å². The molecule has 0 fully saturated rings. The van der Waals surface area contributed by atoms with Gasteiger partial charge in [0.1, 0.15) is 0 Å². The van der Waals surface area contributed by atoms with Gasteiger partial charge in [0.05, 0.1) is 10.6 Å². The zero-order chi connectivity index (χ0) is 15.5. The minimum Gasteiger partial charge on any atom is -0.286 e. The number of fused-ring (bicyclic) bond motifs is 1. The standard InChI is InChI=1S/C17H20N2OS2/c1-3-21-17-18-14-11-12(2)22-15(14)16(20)19(17)10-9-13-7-5-4-6-8-13/h4-8,12H,3,9-11H2,1-2H3/t12-/m0/s1. The zero-order valence-electron chi connectivity index (χ0n) is 12.9. The Bertz CT molecular complexity index is 713. The summed E-state index contributed by atoms with van der Waals surface area (Å²) in [5, 5.41) is 1.33. The van der Waals surface area contributed by atoms with Crippen LogP contribution in [0.25, 0.3) is 0 Å². The number of aromatic nitrogens is 2. The van der Waals surface area contributed by atoms with Crippen LogP contribution < -0.4 is 5.56 Å². The summed E-state index contributed by atoms with van der Waals surface area (Å²) in [5.41, 5.74) is 2.39. The van der Waals surface area contributed by atoms with Crippen molar-refractivity contribution in [3.8, 4) is 0 Å². The Labute approximate surface area is 139 Å². The van der Waals surface area contributed by atoms with E-state index in [9.17, 15) is 4.79 Å². The molecule has 2 aromatic rings. The molecule has 3 nitrogen and oxygen atoms in total. The SMILES string of the molecule is CCSc1nc2c(c(=O)n1CCc1ccccc1)S[C@@H](C)C2. The molecular weight excluding hydrogens is 312 g/mol. The number of nitrogens with zero attached hydrogens (tertiary/aromatic N) is 2. The average Bonchev–Trinajstić information content (AvgIpc) is 2.89. The van der Waals surface area contributed by atoms with Crippen molar-refractivity contribution >= 4 is 23.5 Å². The summed E-state index contributed by atoms with van der Waals surface area (Å²) in [6, 6.07) is 10.3. The number of thioether (sulfide) groups is 2. The predicted molar refractivity (Wildman–Crippen MR) is 94.1 cm³/mol. The van der Waals surface area contributed by atoms with Gasteiger partial charge in [-0.05, 0) is 17.7 Å². The molecule has 0 saturated heterocycles. The van der Waals surface area contributed by atoms with Gasteiger partial charge >= 0.3 is 0 Å². The molecule has 1 aromatic carbocycles. The van der Waals surface area contributed by atoms with Crippen LogP contribution in [0.5, 0.6) is 0 Å². The van der Waals surface area contributed by atoms with Crippen molar-refractivity contribution in [3.63, 3.8) is 0 Å². The van der Waals surface area contributed by atoms with Crippen molar-refractivity contribution in [2.24, 2.45) is 0 Å². The van der Waals surface area contributed by atoms with Crippen LogP contribution in [0.2, 0.25) is 0 Å². The second-order valence-electron chi connectivity index (χ2n) is 5.43. The van der Waals surface area contributed by atoms with Crippen LogP contribution in [-0.2, 0) is 19.4 Å². The maximum Gasteiger partial charge on any atom is 0.268 e. The van der Waals surface area contributed by atoms with Crippen LogP contribution in [0.1, 0.15) is 25.1 Å². The molecule has 22 heavy (non-hydrogen) atoms. The van der Waals surface area contributed by atoms with Crippen LogP contribution in [0.3, 0.4) is 0 Å². The van der Waals surface area contributed by atoms with Crippen LogP contribution in [0.15, 0.2) is 45.2 Å². The number of hydrogen-bond acceptors (Lipinski definition) is 4. The van der Waals surface area contributed by atoms with E-state index in [2.05, 4.69) is 26.0 Å². The van der Waals surface area contributed by atoms with Crippen molar-refractivity contribution < 1.29 is 0 Å². The average molecular weight is 332 g/mol. The van der Waals surface area contributed by atoms with Gasteiger partial charge in [-0.25, -0.2) is 4.98 Å². The summed E-state index contributed by atoms with van der Waals surface area (Å²) in [5.74, 6) is 0.930. The number of hydrogen-bond donors (Lipinski definition) is 0. The highest BCUT2D eigenvalue weighted by Gasteiger charge is 2.26. The highest BCUT2D eigenvalue weighted by Crippen LogP contribution is 2.34. The minimum absolute atomic E-state index is 0.145. The molecule has 0 spiro atoms. The zero-order valence-corrected chi connectivity index (χ0v) is 14.5. The van der Waals surface area contributed by atoms with E-state index in [1.807, 2.05) is 22.8 Å². The first kappa shape index (κ1) is 15.7. The molecule has 0 amide bonds. The van der Waals surface area contributed by atoms with Gasteiger partial charge in [-0.2, -0.15) is 0 Å². The van der Waals surface area contributed by atoms with Gasteiger partial charge in [-0.3, -0.25) is 9.36 Å². The van der Waals surface area contributed by atoms with Crippen LogP contribution in [-0.4, -0.2) is 20.6 Å². The lowest BCUT2D eigenvalue weighted by Crippen LogP contribution is -2.26. The maximum absolute atomic E-state index is 12.8. The molecule has 1 aliphatic heterocycles. The van der Waals surface area contributed by atoms with Gasteiger partial charge in [0.2, 0.25) is 0 Å². The van der Waals surface area contributed by atoms with Crippen molar-refractivity contribution in [1.29, 1.82) is 0 Å². The Kier molecular flexibility index (Phi) is 4.93. The molecule has 0 N–H and O–H groups in total. The van der Waals surface area contributed by atoms with E-state index in [1.165, 1.54) is 5.56 Å². The second-order valence-corrected chi connectivity index (χ2v) is 8.11. The van der Waals surface area contributed by atoms with Gasteiger partial charge < -0.3 is 0 Å². The second kappa shape index (κ2) is 6.92. The molecule has 0 radical (unpaired) electrons. The normalized spacial score (nSPS) is 16.7. The molecule has 3 rings (SSSR count). The van der Waals surface area contributed by atoms with E-state index in [4.69, 9.17) is 4.98 Å². The third kappa shape index (κ3) is 3.25. The topological polar surface area (TPSA) is 34.9 Å². The van der Waals surface area contributed by atoms with Crippen LogP contribution in [0, 0.1) is 0 Å². The fourth-order valence-electron chi connectivity index (χ4n) is 2.65. The summed E-state index contributed by atoms with van der Waals surface area (Å²) in [4.78, 5) is 18.4. The lowest BCUT2D eigenvalue weighted by molar-refractivity contribution is 0.565. The Balaban J connectivity index is 1.92. The van der Waals surface area contributed by atoms with Crippen molar-refractivity contribution in [3.05, 3.63) is 51.9 Å². The number of benzene rings is 1. The third-order valence-corrected chi connectivity index (χ3v) is 5.78. The fraction of sp³-hybridized carbons (Fsp3) is 0.412. The predicted octanol–water partition coefficient (Wildman–Crippen LogP) is 3.63. The first-order chi connectivity index (χ1) is 10.7. The largest absolute Gasteiger partial charge is 0.286 e. The first-order valence-corrected chi connectivity index (χ1v) is 9.52. The molecule has 2 heterocycles. The summed E-state index contributed by atoms with van der Waals surface area (Å²) < 4.78 is 1.87. The van der Waals surface area contributed by atoms with Gasteiger partial charge in [0, 0.05) is 18.2 Å². The molecule has 0 bridgehead atoms. The molecule has 5 heteroatoms. The Morgan fingerprint density at radius 3 is 2.86 bits per heavy atom. The first-order valence-electron chi connectivity index (χ1n) is 7.66. The van der Waals surface area contributed by atoms with E-state index in [-0.39, 0.29) is 5.56 Å². The molecule has 1 atom stereocenters. The number of aryl methyl sites for hydroxylation is 1. The fourth-order valence-corrected chi connectivity index (χ4v) is 4.54. The Hall–Kier alpha value is -1.20. The lowest BCUT2D eigenvalue weighted by atomic mass is 10.1. The molecule has 1 aromatic heterocycles. The van der Waals surface area contributed by atoms with E-state index in [0.29, 0.717) is 11.8 Å².